The molecule has 24 heavy (non-hydrogen) atoms. The van der Waals surface area contributed by atoms with Crippen LogP contribution in [0.5, 0.6) is 11.5 Å². The minimum absolute atomic E-state index is 0.245. The molecule has 4 nitrogen and oxygen atoms in total. The average Bonchev–Trinajstić information content (AvgIpc) is 3.05. The van der Waals surface area contributed by atoms with Crippen LogP contribution < -0.4 is 14.4 Å². The van der Waals surface area contributed by atoms with Crippen molar-refractivity contribution in [2.24, 2.45) is 0 Å². The maximum Gasteiger partial charge on any atom is 0.231 e. The highest BCUT2D eigenvalue weighted by Gasteiger charge is 2.22. The van der Waals surface area contributed by atoms with E-state index in [2.05, 4.69) is 15.9 Å². The Morgan fingerprint density at radius 1 is 0.917 bits per heavy atom. The van der Waals surface area contributed by atoms with Gasteiger partial charge in [0.05, 0.1) is 15.7 Å². The van der Waals surface area contributed by atoms with Gasteiger partial charge in [-0.05, 0) is 29.8 Å². The van der Waals surface area contributed by atoms with E-state index in [4.69, 9.17) is 32.7 Å². The summed E-state index contributed by atoms with van der Waals surface area (Å²) in [5, 5.41) is 1.43. The van der Waals surface area contributed by atoms with Crippen LogP contribution in [-0.4, -0.2) is 37.9 Å². The zero-order valence-electron chi connectivity index (χ0n) is 13.2. The van der Waals surface area contributed by atoms with E-state index in [0.717, 1.165) is 54.7 Å². The first kappa shape index (κ1) is 15.9. The van der Waals surface area contributed by atoms with E-state index in [1.165, 1.54) is 0 Å². The number of piperazine rings is 1. The Bertz CT molecular complexity index is 746. The molecule has 0 N–H and O–H groups in total. The van der Waals surface area contributed by atoms with Crippen molar-refractivity contribution >= 4 is 28.9 Å². The molecule has 0 atom stereocenters. The molecule has 2 aromatic rings. The van der Waals surface area contributed by atoms with Crippen molar-refractivity contribution in [1.29, 1.82) is 0 Å². The van der Waals surface area contributed by atoms with E-state index in [-0.39, 0.29) is 6.79 Å². The van der Waals surface area contributed by atoms with Crippen molar-refractivity contribution < 1.29 is 9.47 Å². The lowest BCUT2D eigenvalue weighted by Gasteiger charge is -2.36. The van der Waals surface area contributed by atoms with E-state index in [1.54, 1.807) is 0 Å². The lowest BCUT2D eigenvalue weighted by molar-refractivity contribution is 0.174. The lowest BCUT2D eigenvalue weighted by Crippen LogP contribution is -2.46. The molecule has 2 aliphatic heterocycles. The Balaban J connectivity index is 1.40. The molecule has 0 aliphatic carbocycles. The molecule has 0 saturated carbocycles. The molecule has 2 aliphatic rings. The van der Waals surface area contributed by atoms with Gasteiger partial charge in [-0.15, -0.1) is 0 Å². The second-order valence-electron chi connectivity index (χ2n) is 6.03. The van der Waals surface area contributed by atoms with Crippen molar-refractivity contribution in [1.82, 2.24) is 4.90 Å². The van der Waals surface area contributed by atoms with Gasteiger partial charge >= 0.3 is 0 Å². The van der Waals surface area contributed by atoms with E-state index in [1.807, 2.05) is 30.3 Å². The zero-order valence-corrected chi connectivity index (χ0v) is 14.7. The van der Waals surface area contributed by atoms with Gasteiger partial charge in [0.15, 0.2) is 11.5 Å². The molecule has 126 valence electrons. The summed E-state index contributed by atoms with van der Waals surface area (Å²) >= 11 is 12.6. The van der Waals surface area contributed by atoms with Gasteiger partial charge in [-0.1, -0.05) is 35.3 Å². The Morgan fingerprint density at radius 3 is 2.50 bits per heavy atom. The molecule has 0 aromatic heterocycles. The Hall–Kier alpha value is -1.62. The van der Waals surface area contributed by atoms with Gasteiger partial charge in [0.1, 0.15) is 0 Å². The van der Waals surface area contributed by atoms with Crippen LogP contribution in [0.3, 0.4) is 0 Å². The third-order valence-electron chi connectivity index (χ3n) is 4.46. The van der Waals surface area contributed by atoms with Gasteiger partial charge in [-0.3, -0.25) is 4.90 Å². The summed E-state index contributed by atoms with van der Waals surface area (Å²) in [6.07, 6.45) is 0. The fourth-order valence-corrected chi connectivity index (χ4v) is 3.77. The standard InChI is InChI=1S/C18H18Cl2N2O2/c19-14-3-1-2-4-16(14)22-7-5-21(6-8-22)11-13-9-15(20)18-17(10-13)23-12-24-18/h1-4,9-10H,5-8,11-12H2. The molecule has 1 saturated heterocycles. The Labute approximate surface area is 151 Å². The van der Waals surface area contributed by atoms with Crippen LogP contribution in [-0.2, 0) is 6.54 Å². The normalized spacial score (nSPS) is 17.3. The summed E-state index contributed by atoms with van der Waals surface area (Å²) in [6.45, 7) is 4.99. The summed E-state index contributed by atoms with van der Waals surface area (Å²) in [6, 6.07) is 12.0. The monoisotopic (exact) mass is 364 g/mol. The summed E-state index contributed by atoms with van der Waals surface area (Å²) in [4.78, 5) is 4.76. The van der Waals surface area contributed by atoms with Crippen LogP contribution in [0.25, 0.3) is 0 Å². The second kappa shape index (κ2) is 6.71. The smallest absolute Gasteiger partial charge is 0.231 e. The summed E-state index contributed by atoms with van der Waals surface area (Å²) < 4.78 is 10.8. The molecule has 0 unspecified atom stereocenters. The van der Waals surface area contributed by atoms with Crippen molar-refractivity contribution in [2.75, 3.05) is 37.9 Å². The first-order chi connectivity index (χ1) is 11.7. The molecule has 2 aromatic carbocycles. The fraction of sp³-hybridized carbons (Fsp3) is 0.333. The Kier molecular flexibility index (Phi) is 4.44. The van der Waals surface area contributed by atoms with Gasteiger partial charge in [-0.2, -0.15) is 0 Å². The van der Waals surface area contributed by atoms with Gasteiger partial charge in [0.25, 0.3) is 0 Å². The third kappa shape index (κ3) is 3.14. The van der Waals surface area contributed by atoms with Crippen molar-refractivity contribution in [2.45, 2.75) is 6.54 Å². The van der Waals surface area contributed by atoms with Crippen molar-refractivity contribution in [3.05, 3.63) is 52.0 Å². The van der Waals surface area contributed by atoms with Crippen LogP contribution in [0.1, 0.15) is 5.56 Å². The molecule has 2 heterocycles. The number of hydrogen-bond donors (Lipinski definition) is 0. The number of hydrogen-bond acceptors (Lipinski definition) is 4. The van der Waals surface area contributed by atoms with E-state index in [0.29, 0.717) is 10.8 Å². The summed E-state index contributed by atoms with van der Waals surface area (Å²) in [5.74, 6) is 1.40. The predicted octanol–water partition coefficient (Wildman–Crippen LogP) is 4.04. The molecular weight excluding hydrogens is 347 g/mol. The minimum atomic E-state index is 0.245. The number of rotatable bonds is 3. The zero-order chi connectivity index (χ0) is 16.5. The quantitative estimate of drug-likeness (QED) is 0.820. The highest BCUT2D eigenvalue weighted by atomic mass is 35.5. The number of anilines is 1. The highest BCUT2D eigenvalue weighted by Crippen LogP contribution is 2.40. The maximum absolute atomic E-state index is 6.30. The van der Waals surface area contributed by atoms with Crippen LogP contribution >= 0.6 is 23.2 Å². The van der Waals surface area contributed by atoms with E-state index < -0.39 is 0 Å². The largest absolute Gasteiger partial charge is 0.454 e. The van der Waals surface area contributed by atoms with Crippen LogP contribution in [0, 0.1) is 0 Å². The number of benzene rings is 2. The first-order valence-electron chi connectivity index (χ1n) is 8.00. The first-order valence-corrected chi connectivity index (χ1v) is 8.76. The lowest BCUT2D eigenvalue weighted by atomic mass is 10.1. The van der Waals surface area contributed by atoms with Gasteiger partial charge in [0, 0.05) is 32.7 Å². The average molecular weight is 365 g/mol. The van der Waals surface area contributed by atoms with E-state index in [9.17, 15) is 0 Å². The van der Waals surface area contributed by atoms with Gasteiger partial charge in [-0.25, -0.2) is 0 Å². The van der Waals surface area contributed by atoms with Crippen molar-refractivity contribution in [3.8, 4) is 11.5 Å². The summed E-state index contributed by atoms with van der Waals surface area (Å²) in [7, 11) is 0. The molecule has 6 heteroatoms. The third-order valence-corrected chi connectivity index (χ3v) is 5.06. The topological polar surface area (TPSA) is 24.9 Å². The fourth-order valence-electron chi connectivity index (χ4n) is 3.23. The van der Waals surface area contributed by atoms with Crippen LogP contribution in [0.15, 0.2) is 36.4 Å². The maximum atomic E-state index is 6.30. The number of fused-ring (bicyclic) bond motifs is 1. The van der Waals surface area contributed by atoms with Gasteiger partial charge in [0.2, 0.25) is 6.79 Å². The van der Waals surface area contributed by atoms with Crippen LogP contribution in [0.4, 0.5) is 5.69 Å². The van der Waals surface area contributed by atoms with Gasteiger partial charge < -0.3 is 14.4 Å². The summed E-state index contributed by atoms with van der Waals surface area (Å²) in [5.41, 5.74) is 2.26. The second-order valence-corrected chi connectivity index (χ2v) is 6.84. The number of nitrogens with zero attached hydrogens (tertiary/aromatic N) is 2. The van der Waals surface area contributed by atoms with Crippen LogP contribution in [0.2, 0.25) is 10.0 Å². The molecule has 4 rings (SSSR count). The molecule has 0 spiro atoms. The number of ether oxygens (including phenoxy) is 2. The highest BCUT2D eigenvalue weighted by molar-refractivity contribution is 6.33. The SMILES string of the molecule is Clc1ccccc1N1CCN(Cc2cc(Cl)c3c(c2)OCO3)CC1. The molecule has 0 bridgehead atoms. The van der Waals surface area contributed by atoms with Crippen molar-refractivity contribution in [3.63, 3.8) is 0 Å². The number of para-hydroxylation sites is 1. The molecule has 0 amide bonds. The number of halogens is 2. The predicted molar refractivity (Wildman–Crippen MR) is 96.5 cm³/mol. The molecule has 1 fully saturated rings. The van der Waals surface area contributed by atoms with E-state index >= 15 is 0 Å². The minimum Gasteiger partial charge on any atom is -0.454 e. The Morgan fingerprint density at radius 2 is 1.71 bits per heavy atom. The molecular formula is C18H18Cl2N2O2. The molecule has 0 radical (unpaired) electrons.